The van der Waals surface area contributed by atoms with Crippen LogP contribution in [0.15, 0.2) is 36.4 Å². The first-order valence-corrected chi connectivity index (χ1v) is 8.26. The van der Waals surface area contributed by atoms with Crippen LogP contribution in [-0.4, -0.2) is 41.9 Å². The molecule has 0 aliphatic carbocycles. The highest BCUT2D eigenvalue weighted by atomic mass is 35.5. The van der Waals surface area contributed by atoms with Crippen molar-refractivity contribution < 1.29 is 14.3 Å². The fourth-order valence-corrected chi connectivity index (χ4v) is 2.49. The summed E-state index contributed by atoms with van der Waals surface area (Å²) in [5.74, 6) is -0.298. The lowest BCUT2D eigenvalue weighted by atomic mass is 10.2. The Kier molecular flexibility index (Phi) is 6.61. The van der Waals surface area contributed by atoms with Gasteiger partial charge in [0.05, 0.1) is 17.8 Å². The Bertz CT molecular complexity index is 783. The summed E-state index contributed by atoms with van der Waals surface area (Å²) in [7, 11) is 1.51. The smallest absolute Gasteiger partial charge is 0.274 e. The van der Waals surface area contributed by atoms with Crippen molar-refractivity contribution in [2.45, 2.75) is 6.92 Å². The van der Waals surface area contributed by atoms with Crippen molar-refractivity contribution in [2.24, 2.45) is 0 Å². The first-order valence-electron chi connectivity index (χ1n) is 7.50. The summed E-state index contributed by atoms with van der Waals surface area (Å²) < 4.78 is 5.19. The molecule has 0 radical (unpaired) electrons. The molecule has 0 fully saturated rings. The van der Waals surface area contributed by atoms with Gasteiger partial charge in [0.2, 0.25) is 5.91 Å². The van der Waals surface area contributed by atoms with E-state index in [1.807, 2.05) is 0 Å². The van der Waals surface area contributed by atoms with Gasteiger partial charge in [-0.05, 0) is 31.2 Å². The molecule has 0 saturated carbocycles. The monoisotopic (exact) mass is 381 g/mol. The molecule has 2 amide bonds. The van der Waals surface area contributed by atoms with Crippen molar-refractivity contribution in [1.82, 2.24) is 9.88 Å². The number of nitrogens with zero attached hydrogens (tertiary/aromatic N) is 2. The fourth-order valence-electron chi connectivity index (χ4n) is 2.16. The molecule has 0 unspecified atom stereocenters. The maximum Gasteiger partial charge on any atom is 0.274 e. The van der Waals surface area contributed by atoms with E-state index in [9.17, 15) is 9.59 Å². The van der Waals surface area contributed by atoms with Gasteiger partial charge in [-0.1, -0.05) is 35.3 Å². The second-order valence-electron chi connectivity index (χ2n) is 5.03. The van der Waals surface area contributed by atoms with E-state index in [-0.39, 0.29) is 28.3 Å². The number of benzene rings is 1. The molecule has 6 nitrogen and oxygen atoms in total. The van der Waals surface area contributed by atoms with Gasteiger partial charge in [-0.15, -0.1) is 0 Å². The number of hydrogen-bond acceptors (Lipinski definition) is 4. The molecule has 0 bridgehead atoms. The van der Waals surface area contributed by atoms with Gasteiger partial charge in [-0.25, -0.2) is 4.98 Å². The van der Waals surface area contributed by atoms with E-state index in [1.165, 1.54) is 24.1 Å². The molecule has 2 rings (SSSR count). The van der Waals surface area contributed by atoms with Crippen LogP contribution in [-0.2, 0) is 4.79 Å². The predicted molar refractivity (Wildman–Crippen MR) is 97.5 cm³/mol. The van der Waals surface area contributed by atoms with Gasteiger partial charge < -0.3 is 15.0 Å². The van der Waals surface area contributed by atoms with Crippen LogP contribution in [0.2, 0.25) is 10.2 Å². The Labute approximate surface area is 155 Å². The van der Waals surface area contributed by atoms with Crippen molar-refractivity contribution >= 4 is 40.7 Å². The normalized spacial score (nSPS) is 10.2. The number of hydrogen-bond donors (Lipinski definition) is 1. The molecule has 1 aromatic carbocycles. The number of rotatable bonds is 6. The van der Waals surface area contributed by atoms with E-state index in [1.54, 1.807) is 31.2 Å². The second-order valence-corrected chi connectivity index (χ2v) is 5.83. The van der Waals surface area contributed by atoms with Gasteiger partial charge in [0.15, 0.2) is 0 Å². The molecule has 0 aliphatic heterocycles. The average Bonchev–Trinajstić information content (AvgIpc) is 2.61. The largest absolute Gasteiger partial charge is 0.495 e. The standard InChI is InChI=1S/C17H17Cl2N3O3/c1-3-22(17(24)16-11(18)8-9-14(19)21-16)10-15(23)20-12-6-4-5-7-13(12)25-2/h4-9H,3,10H2,1-2H3,(H,20,23). The number of carbonyl (C=O) groups excluding carboxylic acids is 2. The van der Waals surface area contributed by atoms with Crippen LogP contribution in [0.3, 0.4) is 0 Å². The fraction of sp³-hybridized carbons (Fsp3) is 0.235. The van der Waals surface area contributed by atoms with E-state index < -0.39 is 5.91 Å². The molecule has 0 saturated heterocycles. The summed E-state index contributed by atoms with van der Waals surface area (Å²) in [6.45, 7) is 1.91. The lowest BCUT2D eigenvalue weighted by Gasteiger charge is -2.20. The third-order valence-electron chi connectivity index (χ3n) is 3.40. The molecule has 0 spiro atoms. The zero-order chi connectivity index (χ0) is 18.4. The molecule has 1 heterocycles. The lowest BCUT2D eigenvalue weighted by Crippen LogP contribution is -2.38. The van der Waals surface area contributed by atoms with Crippen LogP contribution in [0.1, 0.15) is 17.4 Å². The van der Waals surface area contributed by atoms with Gasteiger partial charge in [0.1, 0.15) is 23.1 Å². The maximum absolute atomic E-state index is 12.6. The van der Waals surface area contributed by atoms with E-state index >= 15 is 0 Å². The van der Waals surface area contributed by atoms with E-state index in [0.29, 0.717) is 18.0 Å². The van der Waals surface area contributed by atoms with Gasteiger partial charge in [-0.2, -0.15) is 0 Å². The zero-order valence-corrected chi connectivity index (χ0v) is 15.3. The summed E-state index contributed by atoms with van der Waals surface area (Å²) in [5, 5.41) is 3.05. The van der Waals surface area contributed by atoms with Crippen LogP contribution in [0.25, 0.3) is 0 Å². The van der Waals surface area contributed by atoms with E-state index in [4.69, 9.17) is 27.9 Å². The number of methoxy groups -OCH3 is 1. The van der Waals surface area contributed by atoms with Crippen LogP contribution in [0, 0.1) is 0 Å². The number of likely N-dealkylation sites (N-methyl/N-ethyl adjacent to an activating group) is 1. The SMILES string of the molecule is CCN(CC(=O)Nc1ccccc1OC)C(=O)c1nc(Cl)ccc1Cl. The van der Waals surface area contributed by atoms with Gasteiger partial charge in [0, 0.05) is 6.54 Å². The van der Waals surface area contributed by atoms with Gasteiger partial charge in [0.25, 0.3) is 5.91 Å². The number of amides is 2. The minimum absolute atomic E-state index is 0.0149. The highest BCUT2D eigenvalue weighted by Gasteiger charge is 2.22. The second kappa shape index (κ2) is 8.69. The third kappa shape index (κ3) is 4.84. The molecular weight excluding hydrogens is 365 g/mol. The minimum Gasteiger partial charge on any atom is -0.495 e. The Morgan fingerprint density at radius 1 is 1.20 bits per heavy atom. The summed E-state index contributed by atoms with van der Waals surface area (Å²) in [6, 6.07) is 10.00. The zero-order valence-electron chi connectivity index (χ0n) is 13.8. The molecule has 2 aromatic rings. The van der Waals surface area contributed by atoms with Crippen LogP contribution < -0.4 is 10.1 Å². The third-order valence-corrected chi connectivity index (χ3v) is 3.91. The van der Waals surface area contributed by atoms with Crippen molar-refractivity contribution in [3.63, 3.8) is 0 Å². The number of anilines is 1. The molecule has 0 aliphatic rings. The van der Waals surface area contributed by atoms with Crippen molar-refractivity contribution in [1.29, 1.82) is 0 Å². The Hall–Kier alpha value is -2.31. The maximum atomic E-state index is 12.6. The average molecular weight is 382 g/mol. The van der Waals surface area contributed by atoms with E-state index in [0.717, 1.165) is 0 Å². The first kappa shape index (κ1) is 19.0. The Balaban J connectivity index is 2.12. The quantitative estimate of drug-likeness (QED) is 0.777. The first-order chi connectivity index (χ1) is 12.0. The molecule has 8 heteroatoms. The number of ether oxygens (including phenoxy) is 1. The van der Waals surface area contributed by atoms with Crippen molar-refractivity contribution in [3.8, 4) is 5.75 Å². The van der Waals surface area contributed by atoms with Crippen LogP contribution in [0.5, 0.6) is 5.75 Å². The minimum atomic E-state index is -0.467. The Morgan fingerprint density at radius 2 is 1.92 bits per heavy atom. The summed E-state index contributed by atoms with van der Waals surface area (Å²) in [6.07, 6.45) is 0. The Morgan fingerprint density at radius 3 is 2.60 bits per heavy atom. The van der Waals surface area contributed by atoms with Crippen LogP contribution >= 0.6 is 23.2 Å². The number of para-hydroxylation sites is 2. The topological polar surface area (TPSA) is 71.5 Å². The van der Waals surface area contributed by atoms with Crippen molar-refractivity contribution in [3.05, 3.63) is 52.3 Å². The predicted octanol–water partition coefficient (Wildman–Crippen LogP) is 3.50. The van der Waals surface area contributed by atoms with Gasteiger partial charge in [-0.3, -0.25) is 9.59 Å². The molecule has 1 aromatic heterocycles. The lowest BCUT2D eigenvalue weighted by molar-refractivity contribution is -0.116. The molecule has 132 valence electrons. The molecule has 1 N–H and O–H groups in total. The van der Waals surface area contributed by atoms with E-state index in [2.05, 4.69) is 10.3 Å². The number of aromatic nitrogens is 1. The highest BCUT2D eigenvalue weighted by molar-refractivity contribution is 6.34. The summed E-state index contributed by atoms with van der Waals surface area (Å²) in [4.78, 5) is 30.2. The number of carbonyl (C=O) groups is 2. The summed E-state index contributed by atoms with van der Waals surface area (Å²) in [5.41, 5.74) is 0.540. The summed E-state index contributed by atoms with van der Waals surface area (Å²) >= 11 is 11.8. The number of pyridine rings is 1. The van der Waals surface area contributed by atoms with Crippen molar-refractivity contribution in [2.75, 3.05) is 25.5 Å². The molecular formula is C17H17Cl2N3O3. The van der Waals surface area contributed by atoms with Crippen LogP contribution in [0.4, 0.5) is 5.69 Å². The number of halogens is 2. The highest BCUT2D eigenvalue weighted by Crippen LogP contribution is 2.23. The molecule has 0 atom stereocenters. The van der Waals surface area contributed by atoms with Gasteiger partial charge >= 0.3 is 0 Å². The molecule has 25 heavy (non-hydrogen) atoms. The number of nitrogens with one attached hydrogen (secondary N) is 1.